The van der Waals surface area contributed by atoms with Crippen LogP contribution in [0.1, 0.15) is 30.0 Å². The third kappa shape index (κ3) is 3.75. The number of hydrogen-bond acceptors (Lipinski definition) is 3. The molecule has 2 unspecified atom stereocenters. The molecule has 3 rings (SSSR count). The quantitative estimate of drug-likeness (QED) is 0.880. The van der Waals surface area contributed by atoms with Gasteiger partial charge in [-0.3, -0.25) is 4.79 Å². The van der Waals surface area contributed by atoms with Crippen molar-refractivity contribution in [1.29, 1.82) is 0 Å². The van der Waals surface area contributed by atoms with Crippen molar-refractivity contribution in [2.24, 2.45) is 23.3 Å². The Morgan fingerprint density at radius 3 is 2.28 bits per heavy atom. The van der Waals surface area contributed by atoms with Crippen LogP contribution in [0.25, 0.3) is 0 Å². The summed E-state index contributed by atoms with van der Waals surface area (Å²) in [4.78, 5) is 15.0. The van der Waals surface area contributed by atoms with E-state index in [2.05, 4.69) is 12.1 Å². The maximum Gasteiger partial charge on any atom is 0.227 e. The van der Waals surface area contributed by atoms with Gasteiger partial charge in [-0.25, -0.2) is 0 Å². The number of carbonyl (C=O) groups excluding carboxylic acids is 1. The van der Waals surface area contributed by atoms with E-state index in [-0.39, 0.29) is 17.9 Å². The molecule has 4 N–H and O–H groups in total. The minimum Gasteiger partial charge on any atom is -0.341 e. The minimum atomic E-state index is -0.291. The summed E-state index contributed by atoms with van der Waals surface area (Å²) in [7, 11) is 0. The van der Waals surface area contributed by atoms with Gasteiger partial charge < -0.3 is 16.4 Å². The molecule has 1 heterocycles. The van der Waals surface area contributed by atoms with Gasteiger partial charge in [0, 0.05) is 25.0 Å². The van der Waals surface area contributed by atoms with Gasteiger partial charge in [0.05, 0.1) is 5.92 Å². The van der Waals surface area contributed by atoms with Crippen LogP contribution in [0.3, 0.4) is 0 Å². The Bertz CT molecular complexity index is 689. The van der Waals surface area contributed by atoms with Crippen LogP contribution in [0.2, 0.25) is 0 Å². The molecule has 1 aliphatic rings. The Labute approximate surface area is 149 Å². The first-order valence-electron chi connectivity index (χ1n) is 8.96. The molecule has 132 valence electrons. The lowest BCUT2D eigenvalue weighted by atomic mass is 9.89. The molecule has 1 aliphatic heterocycles. The smallest absolute Gasteiger partial charge is 0.227 e. The summed E-state index contributed by atoms with van der Waals surface area (Å²) in [6, 6.07) is 19.9. The molecule has 0 aliphatic carbocycles. The van der Waals surface area contributed by atoms with Gasteiger partial charge in [0.2, 0.25) is 5.91 Å². The number of benzene rings is 2. The number of hydrogen-bond donors (Lipinski definition) is 2. The van der Waals surface area contributed by atoms with Gasteiger partial charge in [-0.15, -0.1) is 0 Å². The second kappa shape index (κ2) is 7.81. The molecule has 2 aromatic rings. The number of amides is 1. The van der Waals surface area contributed by atoms with Crippen LogP contribution >= 0.6 is 0 Å². The lowest BCUT2D eigenvalue weighted by molar-refractivity contribution is -0.134. The highest BCUT2D eigenvalue weighted by Gasteiger charge is 2.37. The fourth-order valence-electron chi connectivity index (χ4n) is 3.77. The summed E-state index contributed by atoms with van der Waals surface area (Å²) in [5.74, 6) is 0.463. The van der Waals surface area contributed by atoms with Crippen molar-refractivity contribution in [2.75, 3.05) is 19.6 Å². The van der Waals surface area contributed by atoms with Crippen LogP contribution in [0.5, 0.6) is 0 Å². The molecule has 1 saturated heterocycles. The largest absolute Gasteiger partial charge is 0.341 e. The Hall–Kier alpha value is -2.17. The Balaban J connectivity index is 1.72. The third-order valence-corrected chi connectivity index (χ3v) is 5.40. The second-order valence-corrected chi connectivity index (χ2v) is 6.98. The van der Waals surface area contributed by atoms with Gasteiger partial charge in [0.25, 0.3) is 0 Å². The molecule has 25 heavy (non-hydrogen) atoms. The SMILES string of the molecule is CC(C(=O)N1C[C@@H](CN)[C@H](c2ccccc2)C1)C(N)c1ccccc1. The lowest BCUT2D eigenvalue weighted by Crippen LogP contribution is -2.38. The van der Waals surface area contributed by atoms with Crippen LogP contribution in [0.4, 0.5) is 0 Å². The van der Waals surface area contributed by atoms with E-state index >= 15 is 0 Å². The zero-order valence-electron chi connectivity index (χ0n) is 14.7. The first-order chi connectivity index (χ1) is 12.1. The molecular weight excluding hydrogens is 310 g/mol. The fourth-order valence-corrected chi connectivity index (χ4v) is 3.77. The van der Waals surface area contributed by atoms with Crippen LogP contribution in [-0.4, -0.2) is 30.4 Å². The summed E-state index contributed by atoms with van der Waals surface area (Å²) in [5, 5.41) is 0. The summed E-state index contributed by atoms with van der Waals surface area (Å²) in [6.07, 6.45) is 0. The van der Waals surface area contributed by atoms with Gasteiger partial charge in [0.15, 0.2) is 0 Å². The van der Waals surface area contributed by atoms with Crippen molar-refractivity contribution in [2.45, 2.75) is 18.9 Å². The topological polar surface area (TPSA) is 72.3 Å². The molecule has 4 atom stereocenters. The molecular formula is C21H27N3O. The Morgan fingerprint density at radius 2 is 1.68 bits per heavy atom. The zero-order valence-corrected chi connectivity index (χ0v) is 14.7. The van der Waals surface area contributed by atoms with E-state index in [0.29, 0.717) is 24.9 Å². The monoisotopic (exact) mass is 337 g/mol. The fraction of sp³-hybridized carbons (Fsp3) is 0.381. The van der Waals surface area contributed by atoms with Crippen molar-refractivity contribution in [1.82, 2.24) is 4.90 Å². The van der Waals surface area contributed by atoms with Gasteiger partial charge in [-0.2, -0.15) is 0 Å². The van der Waals surface area contributed by atoms with E-state index < -0.39 is 0 Å². The Morgan fingerprint density at radius 1 is 1.08 bits per heavy atom. The molecule has 4 heteroatoms. The second-order valence-electron chi connectivity index (χ2n) is 6.98. The molecule has 0 radical (unpaired) electrons. The van der Waals surface area contributed by atoms with E-state index in [1.807, 2.05) is 60.4 Å². The maximum atomic E-state index is 13.0. The maximum absolute atomic E-state index is 13.0. The van der Waals surface area contributed by atoms with E-state index in [1.54, 1.807) is 0 Å². The molecule has 1 fully saturated rings. The van der Waals surface area contributed by atoms with E-state index in [4.69, 9.17) is 11.5 Å². The summed E-state index contributed by atoms with van der Waals surface area (Å²) < 4.78 is 0. The normalized spacial score (nSPS) is 22.6. The highest BCUT2D eigenvalue weighted by molar-refractivity contribution is 5.80. The summed E-state index contributed by atoms with van der Waals surface area (Å²) in [5.41, 5.74) is 14.6. The standard InChI is InChI=1S/C21H27N3O/c1-15(20(23)17-10-6-3-7-11-17)21(25)24-13-18(12-22)19(14-24)16-8-4-2-5-9-16/h2-11,15,18-20H,12-14,22-23H2,1H3/t15?,18-,19+,20?/m1/s1. The van der Waals surface area contributed by atoms with Crippen LogP contribution < -0.4 is 11.5 Å². The van der Waals surface area contributed by atoms with Crippen molar-refractivity contribution in [3.63, 3.8) is 0 Å². The van der Waals surface area contributed by atoms with Crippen LogP contribution in [0.15, 0.2) is 60.7 Å². The Kier molecular flexibility index (Phi) is 5.51. The average molecular weight is 337 g/mol. The lowest BCUT2D eigenvalue weighted by Gasteiger charge is -2.25. The first kappa shape index (κ1) is 17.6. The van der Waals surface area contributed by atoms with Gasteiger partial charge in [-0.1, -0.05) is 67.6 Å². The van der Waals surface area contributed by atoms with Crippen molar-refractivity contribution < 1.29 is 4.79 Å². The van der Waals surface area contributed by atoms with Crippen molar-refractivity contribution >= 4 is 5.91 Å². The predicted molar refractivity (Wildman–Crippen MR) is 101 cm³/mol. The number of nitrogens with two attached hydrogens (primary N) is 2. The average Bonchev–Trinajstić information content (AvgIpc) is 3.12. The zero-order chi connectivity index (χ0) is 17.8. The van der Waals surface area contributed by atoms with Crippen LogP contribution in [0, 0.1) is 11.8 Å². The first-order valence-corrected chi connectivity index (χ1v) is 8.96. The molecule has 0 bridgehead atoms. The molecule has 4 nitrogen and oxygen atoms in total. The molecule has 0 saturated carbocycles. The minimum absolute atomic E-state index is 0.119. The predicted octanol–water partition coefficient (Wildman–Crippen LogP) is 2.52. The van der Waals surface area contributed by atoms with E-state index in [9.17, 15) is 4.79 Å². The van der Waals surface area contributed by atoms with E-state index in [0.717, 1.165) is 12.1 Å². The molecule has 0 aromatic heterocycles. The van der Waals surface area contributed by atoms with Crippen molar-refractivity contribution in [3.8, 4) is 0 Å². The van der Waals surface area contributed by atoms with Gasteiger partial charge >= 0.3 is 0 Å². The third-order valence-electron chi connectivity index (χ3n) is 5.40. The van der Waals surface area contributed by atoms with Crippen molar-refractivity contribution in [3.05, 3.63) is 71.8 Å². The number of carbonyl (C=O) groups is 1. The molecule has 2 aromatic carbocycles. The number of likely N-dealkylation sites (tertiary alicyclic amines) is 1. The van der Waals surface area contributed by atoms with Gasteiger partial charge in [0.1, 0.15) is 0 Å². The number of nitrogens with zero attached hydrogens (tertiary/aromatic N) is 1. The highest BCUT2D eigenvalue weighted by Crippen LogP contribution is 2.33. The molecule has 1 amide bonds. The molecule has 0 spiro atoms. The number of rotatable bonds is 5. The summed E-state index contributed by atoms with van der Waals surface area (Å²) >= 11 is 0. The van der Waals surface area contributed by atoms with Gasteiger partial charge in [-0.05, 0) is 23.6 Å². The van der Waals surface area contributed by atoms with E-state index in [1.165, 1.54) is 5.56 Å². The van der Waals surface area contributed by atoms with Crippen LogP contribution in [-0.2, 0) is 4.79 Å². The summed E-state index contributed by atoms with van der Waals surface area (Å²) in [6.45, 7) is 3.94. The highest BCUT2D eigenvalue weighted by atomic mass is 16.2.